The molecule has 15 heavy (non-hydrogen) atoms. The van der Waals surface area contributed by atoms with Crippen molar-refractivity contribution in [3.8, 4) is 11.5 Å². The summed E-state index contributed by atoms with van der Waals surface area (Å²) in [5.74, 6) is 1.08. The molecule has 0 saturated heterocycles. The molecular weight excluding hydrogens is 260 g/mol. The molecule has 0 spiro atoms. The summed E-state index contributed by atoms with van der Waals surface area (Å²) < 4.78 is 11.4. The van der Waals surface area contributed by atoms with Crippen LogP contribution in [0.5, 0.6) is 11.5 Å². The van der Waals surface area contributed by atoms with E-state index in [0.29, 0.717) is 23.7 Å². The zero-order valence-electron chi connectivity index (χ0n) is 8.75. The molecule has 3 nitrogen and oxygen atoms in total. The third-order valence-corrected chi connectivity index (χ3v) is 2.30. The first-order valence-electron chi connectivity index (χ1n) is 4.68. The molecule has 0 heterocycles. The van der Waals surface area contributed by atoms with Gasteiger partial charge in [-0.15, -0.1) is 0 Å². The second-order valence-corrected chi connectivity index (χ2v) is 3.91. The molecule has 1 aromatic rings. The van der Waals surface area contributed by atoms with Gasteiger partial charge < -0.3 is 9.47 Å². The second kappa shape index (κ2) is 5.75. The minimum absolute atomic E-state index is 0.495. The lowest BCUT2D eigenvalue weighted by Crippen LogP contribution is -2.01. The van der Waals surface area contributed by atoms with Crippen molar-refractivity contribution in [2.24, 2.45) is 0 Å². The number of hydrogen-bond donors (Lipinski definition) is 0. The SMILES string of the molecule is CCCOc1c(C=O)cc(Br)cc1OC. The van der Waals surface area contributed by atoms with Crippen molar-refractivity contribution in [3.63, 3.8) is 0 Å². The molecule has 1 aromatic carbocycles. The highest BCUT2D eigenvalue weighted by Crippen LogP contribution is 2.33. The Morgan fingerprint density at radius 1 is 1.47 bits per heavy atom. The molecule has 4 heteroatoms. The van der Waals surface area contributed by atoms with Gasteiger partial charge in [0.2, 0.25) is 0 Å². The highest BCUT2D eigenvalue weighted by molar-refractivity contribution is 9.10. The molecule has 0 saturated carbocycles. The van der Waals surface area contributed by atoms with E-state index in [1.54, 1.807) is 19.2 Å². The summed E-state index contributed by atoms with van der Waals surface area (Å²) in [5, 5.41) is 0. The van der Waals surface area contributed by atoms with Gasteiger partial charge in [-0.25, -0.2) is 0 Å². The Morgan fingerprint density at radius 2 is 2.20 bits per heavy atom. The lowest BCUT2D eigenvalue weighted by atomic mass is 10.2. The van der Waals surface area contributed by atoms with E-state index in [4.69, 9.17) is 9.47 Å². The van der Waals surface area contributed by atoms with Crippen LogP contribution in [-0.4, -0.2) is 20.0 Å². The van der Waals surface area contributed by atoms with Crippen LogP contribution >= 0.6 is 15.9 Å². The molecule has 1 rings (SSSR count). The van der Waals surface area contributed by atoms with E-state index >= 15 is 0 Å². The number of carbonyl (C=O) groups excluding carboxylic acids is 1. The molecule has 0 atom stereocenters. The van der Waals surface area contributed by atoms with E-state index in [2.05, 4.69) is 15.9 Å². The van der Waals surface area contributed by atoms with E-state index in [-0.39, 0.29) is 0 Å². The Labute approximate surface area is 97.5 Å². The van der Waals surface area contributed by atoms with Gasteiger partial charge in [-0.05, 0) is 18.6 Å². The van der Waals surface area contributed by atoms with Gasteiger partial charge in [-0.1, -0.05) is 22.9 Å². The van der Waals surface area contributed by atoms with Crippen molar-refractivity contribution in [2.45, 2.75) is 13.3 Å². The molecule has 0 fully saturated rings. The fourth-order valence-corrected chi connectivity index (χ4v) is 1.64. The predicted octanol–water partition coefficient (Wildman–Crippen LogP) is 3.06. The summed E-state index contributed by atoms with van der Waals surface area (Å²) in [6, 6.07) is 3.48. The van der Waals surface area contributed by atoms with E-state index in [9.17, 15) is 4.79 Å². The topological polar surface area (TPSA) is 35.5 Å². The summed E-state index contributed by atoms with van der Waals surface area (Å²) in [5.41, 5.74) is 0.495. The van der Waals surface area contributed by atoms with Crippen molar-refractivity contribution in [2.75, 3.05) is 13.7 Å². The monoisotopic (exact) mass is 272 g/mol. The molecule has 0 aliphatic heterocycles. The Morgan fingerprint density at radius 3 is 2.73 bits per heavy atom. The molecule has 0 aromatic heterocycles. The molecule has 0 amide bonds. The summed E-state index contributed by atoms with van der Waals surface area (Å²) in [6.07, 6.45) is 1.65. The zero-order chi connectivity index (χ0) is 11.3. The molecule has 0 aliphatic carbocycles. The van der Waals surface area contributed by atoms with Crippen LogP contribution in [-0.2, 0) is 0 Å². The van der Waals surface area contributed by atoms with Crippen LogP contribution in [0.25, 0.3) is 0 Å². The Balaban J connectivity index is 3.12. The number of carbonyl (C=O) groups is 1. The number of ether oxygens (including phenoxy) is 2. The molecule has 0 aliphatic rings. The van der Waals surface area contributed by atoms with E-state index < -0.39 is 0 Å². The van der Waals surface area contributed by atoms with Crippen LogP contribution in [0, 0.1) is 0 Å². The highest BCUT2D eigenvalue weighted by atomic mass is 79.9. The molecule has 82 valence electrons. The Hall–Kier alpha value is -1.03. The largest absolute Gasteiger partial charge is 0.493 e. The Bertz CT molecular complexity index is 350. The quantitative estimate of drug-likeness (QED) is 0.773. The highest BCUT2D eigenvalue weighted by Gasteiger charge is 2.11. The maximum Gasteiger partial charge on any atom is 0.171 e. The van der Waals surface area contributed by atoms with Gasteiger partial charge in [-0.2, -0.15) is 0 Å². The number of benzene rings is 1. The summed E-state index contributed by atoms with van der Waals surface area (Å²) in [4.78, 5) is 10.9. The average Bonchev–Trinajstić information content (AvgIpc) is 2.26. The van der Waals surface area contributed by atoms with Crippen LogP contribution in [0.15, 0.2) is 16.6 Å². The van der Waals surface area contributed by atoms with Gasteiger partial charge in [-0.3, -0.25) is 4.79 Å². The van der Waals surface area contributed by atoms with Gasteiger partial charge in [0.1, 0.15) is 0 Å². The fourth-order valence-electron chi connectivity index (χ4n) is 1.19. The molecule has 0 bridgehead atoms. The molecule has 0 unspecified atom stereocenters. The molecule has 0 radical (unpaired) electrons. The van der Waals surface area contributed by atoms with Crippen LogP contribution in [0.4, 0.5) is 0 Å². The van der Waals surface area contributed by atoms with Crippen LogP contribution in [0.2, 0.25) is 0 Å². The number of hydrogen-bond acceptors (Lipinski definition) is 3. The predicted molar refractivity (Wildman–Crippen MR) is 61.9 cm³/mol. The number of halogens is 1. The Kier molecular flexibility index (Phi) is 4.62. The number of aldehydes is 1. The van der Waals surface area contributed by atoms with Gasteiger partial charge >= 0.3 is 0 Å². The summed E-state index contributed by atoms with van der Waals surface area (Å²) in [6.45, 7) is 2.57. The van der Waals surface area contributed by atoms with Crippen molar-refractivity contribution in [1.82, 2.24) is 0 Å². The maximum atomic E-state index is 10.9. The first-order valence-corrected chi connectivity index (χ1v) is 5.47. The van der Waals surface area contributed by atoms with Crippen molar-refractivity contribution >= 4 is 22.2 Å². The number of rotatable bonds is 5. The third kappa shape index (κ3) is 2.96. The smallest absolute Gasteiger partial charge is 0.171 e. The normalized spacial score (nSPS) is 9.80. The average molecular weight is 273 g/mol. The molecule has 0 N–H and O–H groups in total. The number of methoxy groups -OCH3 is 1. The fraction of sp³-hybridized carbons (Fsp3) is 0.364. The van der Waals surface area contributed by atoms with Gasteiger partial charge in [0.15, 0.2) is 17.8 Å². The second-order valence-electron chi connectivity index (χ2n) is 2.99. The van der Waals surface area contributed by atoms with Gasteiger partial charge in [0, 0.05) is 4.47 Å². The van der Waals surface area contributed by atoms with Gasteiger partial charge in [0.05, 0.1) is 19.3 Å². The van der Waals surface area contributed by atoms with Crippen LogP contribution in [0.1, 0.15) is 23.7 Å². The van der Waals surface area contributed by atoms with Crippen molar-refractivity contribution < 1.29 is 14.3 Å². The van der Waals surface area contributed by atoms with E-state index in [0.717, 1.165) is 17.2 Å². The third-order valence-electron chi connectivity index (χ3n) is 1.85. The summed E-state index contributed by atoms with van der Waals surface area (Å²) in [7, 11) is 1.55. The first kappa shape index (κ1) is 12.0. The lowest BCUT2D eigenvalue weighted by Gasteiger charge is -2.12. The minimum Gasteiger partial charge on any atom is -0.493 e. The first-order chi connectivity index (χ1) is 7.22. The maximum absolute atomic E-state index is 10.9. The van der Waals surface area contributed by atoms with Crippen LogP contribution < -0.4 is 9.47 Å². The van der Waals surface area contributed by atoms with E-state index in [1.807, 2.05) is 6.92 Å². The van der Waals surface area contributed by atoms with Gasteiger partial charge in [0.25, 0.3) is 0 Å². The minimum atomic E-state index is 0.495. The van der Waals surface area contributed by atoms with Crippen molar-refractivity contribution in [1.29, 1.82) is 0 Å². The summed E-state index contributed by atoms with van der Waals surface area (Å²) >= 11 is 3.30. The standard InChI is InChI=1S/C11H13BrO3/c1-3-4-15-11-8(7-13)5-9(12)6-10(11)14-2/h5-7H,3-4H2,1-2H3. The van der Waals surface area contributed by atoms with E-state index in [1.165, 1.54) is 0 Å². The molecular formula is C11H13BrO3. The lowest BCUT2D eigenvalue weighted by molar-refractivity contribution is 0.111. The zero-order valence-corrected chi connectivity index (χ0v) is 10.3. The van der Waals surface area contributed by atoms with Crippen molar-refractivity contribution in [3.05, 3.63) is 22.2 Å². The van der Waals surface area contributed by atoms with Crippen LogP contribution in [0.3, 0.4) is 0 Å².